The predicted molar refractivity (Wildman–Crippen MR) is 302 cm³/mol. The molecular formula is C64H106O6. The van der Waals surface area contributed by atoms with Crippen LogP contribution in [0.2, 0.25) is 0 Å². The summed E-state index contributed by atoms with van der Waals surface area (Å²) >= 11 is 0. The first-order valence-electron chi connectivity index (χ1n) is 28.9. The highest BCUT2D eigenvalue weighted by atomic mass is 16.6. The molecule has 0 aliphatic heterocycles. The van der Waals surface area contributed by atoms with E-state index < -0.39 is 6.10 Å². The highest BCUT2D eigenvalue weighted by Gasteiger charge is 2.19. The van der Waals surface area contributed by atoms with Crippen LogP contribution in [0.4, 0.5) is 0 Å². The summed E-state index contributed by atoms with van der Waals surface area (Å²) in [4.78, 5) is 38.1. The van der Waals surface area contributed by atoms with Crippen molar-refractivity contribution in [3.05, 3.63) is 109 Å². The first-order chi connectivity index (χ1) is 34.5. The third-order valence-electron chi connectivity index (χ3n) is 12.0. The Hall–Kier alpha value is -3.93. The highest BCUT2D eigenvalue weighted by Crippen LogP contribution is 2.14. The minimum atomic E-state index is -0.797. The van der Waals surface area contributed by atoms with Gasteiger partial charge in [-0.05, 0) is 122 Å². The third-order valence-corrected chi connectivity index (χ3v) is 12.0. The third kappa shape index (κ3) is 55.0. The summed E-state index contributed by atoms with van der Waals surface area (Å²) in [6, 6.07) is 0. The van der Waals surface area contributed by atoms with Crippen LogP contribution in [0.15, 0.2) is 109 Å². The maximum atomic E-state index is 12.8. The maximum absolute atomic E-state index is 12.8. The molecule has 398 valence electrons. The molecule has 70 heavy (non-hydrogen) atoms. The van der Waals surface area contributed by atoms with Crippen LogP contribution in [0.5, 0.6) is 0 Å². The quantitative estimate of drug-likeness (QED) is 0.0262. The molecule has 0 spiro atoms. The number of carbonyl (C=O) groups is 3. The number of ether oxygens (including phenoxy) is 3. The molecule has 6 heteroatoms. The van der Waals surface area contributed by atoms with E-state index in [1.165, 1.54) is 77.0 Å². The van der Waals surface area contributed by atoms with Gasteiger partial charge in [-0.2, -0.15) is 0 Å². The van der Waals surface area contributed by atoms with Crippen LogP contribution in [-0.4, -0.2) is 37.2 Å². The van der Waals surface area contributed by atoms with Crippen molar-refractivity contribution in [2.75, 3.05) is 13.2 Å². The Morgan fingerprint density at radius 1 is 0.300 bits per heavy atom. The van der Waals surface area contributed by atoms with Crippen LogP contribution in [-0.2, 0) is 28.6 Å². The van der Waals surface area contributed by atoms with Gasteiger partial charge in [-0.25, -0.2) is 0 Å². The van der Waals surface area contributed by atoms with E-state index in [0.717, 1.165) is 141 Å². The fourth-order valence-electron chi connectivity index (χ4n) is 7.63. The number of hydrogen-bond acceptors (Lipinski definition) is 6. The van der Waals surface area contributed by atoms with E-state index in [-0.39, 0.29) is 31.1 Å². The number of rotatable bonds is 51. The van der Waals surface area contributed by atoms with Crippen molar-refractivity contribution >= 4 is 17.9 Å². The smallest absolute Gasteiger partial charge is 0.306 e. The zero-order valence-electron chi connectivity index (χ0n) is 45.5. The molecule has 1 atom stereocenters. The fourth-order valence-corrected chi connectivity index (χ4v) is 7.63. The lowest BCUT2D eigenvalue weighted by atomic mass is 10.1. The van der Waals surface area contributed by atoms with Gasteiger partial charge in [0.25, 0.3) is 0 Å². The van der Waals surface area contributed by atoms with Crippen LogP contribution in [0.1, 0.15) is 258 Å². The topological polar surface area (TPSA) is 78.9 Å². The molecule has 0 aromatic heterocycles. The molecule has 0 aromatic carbocycles. The lowest BCUT2D eigenvalue weighted by Crippen LogP contribution is -2.30. The van der Waals surface area contributed by atoms with Gasteiger partial charge in [0.2, 0.25) is 0 Å². The van der Waals surface area contributed by atoms with Crippen molar-refractivity contribution in [3.63, 3.8) is 0 Å². The van der Waals surface area contributed by atoms with Gasteiger partial charge in [0, 0.05) is 19.3 Å². The second-order valence-corrected chi connectivity index (χ2v) is 18.8. The summed E-state index contributed by atoms with van der Waals surface area (Å²) in [7, 11) is 0. The van der Waals surface area contributed by atoms with E-state index in [9.17, 15) is 14.4 Å². The van der Waals surface area contributed by atoms with Gasteiger partial charge < -0.3 is 14.2 Å². The Balaban J connectivity index is 4.38. The second kappa shape index (κ2) is 57.6. The van der Waals surface area contributed by atoms with Crippen molar-refractivity contribution in [2.45, 2.75) is 264 Å². The van der Waals surface area contributed by atoms with Crippen LogP contribution in [0, 0.1) is 0 Å². The standard InChI is InChI=1S/C64H106O6/c1-4-7-10-13-16-19-22-25-27-28-29-30-31-32-33-34-35-36-37-40-42-45-48-51-54-57-63(66)69-60-61(59-68-62(65)56-53-50-47-44-41-38-24-21-18-15-12-9-6-3)70-64(67)58-55-52-49-46-43-39-26-23-20-17-14-11-8-5-2/h7,10,14,16-17,19,21,23-27,29-30,32-33,35-36,61H,4-6,8-9,11-13,15,18,20,22,28,31,34,37-60H2,1-3H3/b10-7-,17-14-,19-16-,24-21-,26-23-,27-25-,30-29-,33-32-,36-35-. The van der Waals surface area contributed by atoms with Gasteiger partial charge in [-0.3, -0.25) is 14.4 Å². The zero-order valence-corrected chi connectivity index (χ0v) is 45.5. The lowest BCUT2D eigenvalue weighted by Gasteiger charge is -2.18. The monoisotopic (exact) mass is 971 g/mol. The van der Waals surface area contributed by atoms with E-state index in [1.807, 2.05) is 0 Å². The van der Waals surface area contributed by atoms with Crippen LogP contribution in [0.3, 0.4) is 0 Å². The Labute approximate surface area is 431 Å². The number of esters is 3. The fraction of sp³-hybridized carbons (Fsp3) is 0.672. The molecule has 0 heterocycles. The zero-order chi connectivity index (χ0) is 50.7. The minimum Gasteiger partial charge on any atom is -0.462 e. The Morgan fingerprint density at radius 2 is 0.571 bits per heavy atom. The maximum Gasteiger partial charge on any atom is 0.306 e. The molecule has 0 rings (SSSR count). The molecule has 0 aliphatic rings. The van der Waals surface area contributed by atoms with E-state index in [1.54, 1.807) is 0 Å². The van der Waals surface area contributed by atoms with Gasteiger partial charge in [0.1, 0.15) is 13.2 Å². The van der Waals surface area contributed by atoms with Gasteiger partial charge >= 0.3 is 17.9 Å². The van der Waals surface area contributed by atoms with Crippen LogP contribution < -0.4 is 0 Å². The van der Waals surface area contributed by atoms with E-state index in [0.29, 0.717) is 19.3 Å². The number of carbonyl (C=O) groups excluding carboxylic acids is 3. The summed E-state index contributed by atoms with van der Waals surface area (Å²) in [6.07, 6.45) is 77.9. The summed E-state index contributed by atoms with van der Waals surface area (Å²) in [5.41, 5.74) is 0. The SMILES string of the molecule is CC/C=C\C/C=C\C/C=C\C/C=C\C/C=C\C/C=C\CCCCCCCCC(=O)OCC(COC(=O)CCCCCCC/C=C\CCCCCC)OC(=O)CCCCCCC/C=C\C/C=C\CCCC. The van der Waals surface area contributed by atoms with Crippen molar-refractivity contribution in [2.24, 2.45) is 0 Å². The normalized spacial score (nSPS) is 12.9. The van der Waals surface area contributed by atoms with Gasteiger partial charge in [0.05, 0.1) is 0 Å². The molecule has 0 amide bonds. The molecule has 0 saturated carbocycles. The summed E-state index contributed by atoms with van der Waals surface area (Å²) < 4.78 is 16.8. The Bertz CT molecular complexity index is 1440. The van der Waals surface area contributed by atoms with Crippen molar-refractivity contribution in [1.29, 1.82) is 0 Å². The number of unbranched alkanes of at least 4 members (excludes halogenated alkanes) is 22. The lowest BCUT2D eigenvalue weighted by molar-refractivity contribution is -0.167. The van der Waals surface area contributed by atoms with Crippen molar-refractivity contribution in [1.82, 2.24) is 0 Å². The molecule has 1 unspecified atom stereocenters. The molecule has 0 bridgehead atoms. The van der Waals surface area contributed by atoms with Gasteiger partial charge in [0.15, 0.2) is 6.10 Å². The molecule has 0 N–H and O–H groups in total. The molecule has 0 fully saturated rings. The van der Waals surface area contributed by atoms with Gasteiger partial charge in [-0.1, -0.05) is 226 Å². The average Bonchev–Trinajstić information content (AvgIpc) is 3.36. The largest absolute Gasteiger partial charge is 0.462 e. The molecule has 0 aromatic rings. The average molecular weight is 972 g/mol. The summed E-state index contributed by atoms with van der Waals surface area (Å²) in [6.45, 7) is 6.44. The molecule has 0 radical (unpaired) electrons. The minimum absolute atomic E-state index is 0.0940. The molecule has 6 nitrogen and oxygen atoms in total. The van der Waals surface area contributed by atoms with E-state index in [4.69, 9.17) is 14.2 Å². The van der Waals surface area contributed by atoms with Crippen LogP contribution >= 0.6 is 0 Å². The Kier molecular flexibility index (Phi) is 54.4. The molecule has 0 aliphatic carbocycles. The summed E-state index contributed by atoms with van der Waals surface area (Å²) in [5.74, 6) is -0.932. The predicted octanol–water partition coefficient (Wildman–Crippen LogP) is 19.5. The Morgan fingerprint density at radius 3 is 0.929 bits per heavy atom. The van der Waals surface area contributed by atoms with Crippen molar-refractivity contribution < 1.29 is 28.6 Å². The van der Waals surface area contributed by atoms with Crippen LogP contribution in [0.25, 0.3) is 0 Å². The van der Waals surface area contributed by atoms with Gasteiger partial charge in [-0.15, -0.1) is 0 Å². The van der Waals surface area contributed by atoms with Crippen molar-refractivity contribution in [3.8, 4) is 0 Å². The van der Waals surface area contributed by atoms with E-state index in [2.05, 4.69) is 130 Å². The second-order valence-electron chi connectivity index (χ2n) is 18.8. The number of hydrogen-bond donors (Lipinski definition) is 0. The molecular weight excluding hydrogens is 865 g/mol. The molecule has 0 saturated heterocycles. The highest BCUT2D eigenvalue weighted by molar-refractivity contribution is 5.71. The first-order valence-corrected chi connectivity index (χ1v) is 28.9. The van der Waals surface area contributed by atoms with E-state index >= 15 is 0 Å². The first kappa shape index (κ1) is 66.1. The number of allylic oxidation sites excluding steroid dienone is 18. The summed E-state index contributed by atoms with van der Waals surface area (Å²) in [5, 5.41) is 0.